The summed E-state index contributed by atoms with van der Waals surface area (Å²) in [5.41, 5.74) is 0.782. The molecule has 2 aromatic rings. The van der Waals surface area contributed by atoms with Crippen molar-refractivity contribution in [1.82, 2.24) is 14.5 Å². The van der Waals surface area contributed by atoms with Crippen LogP contribution in [0, 0.1) is 5.92 Å². The predicted octanol–water partition coefficient (Wildman–Crippen LogP) is 3.31. The lowest BCUT2D eigenvalue weighted by Gasteiger charge is -2.22. The summed E-state index contributed by atoms with van der Waals surface area (Å²) in [5, 5.41) is 0.677. The molecule has 5 nitrogen and oxygen atoms in total. The van der Waals surface area contributed by atoms with Crippen LogP contribution in [0.2, 0.25) is 0 Å². The Morgan fingerprint density at radius 2 is 2.00 bits per heavy atom. The van der Waals surface area contributed by atoms with Crippen molar-refractivity contribution in [3.05, 3.63) is 40.4 Å². The van der Waals surface area contributed by atoms with Gasteiger partial charge in [0.15, 0.2) is 0 Å². The van der Waals surface area contributed by atoms with Crippen LogP contribution < -0.4 is 5.56 Å². The minimum Gasteiger partial charge on any atom is -0.342 e. The van der Waals surface area contributed by atoms with Crippen LogP contribution in [-0.2, 0) is 11.2 Å². The van der Waals surface area contributed by atoms with Crippen LogP contribution in [0.4, 0.5) is 0 Å². The summed E-state index contributed by atoms with van der Waals surface area (Å²) in [6.07, 6.45) is 6.53. The van der Waals surface area contributed by atoms with Gasteiger partial charge in [-0.2, -0.15) is 0 Å². The number of benzene rings is 1. The van der Waals surface area contributed by atoms with E-state index in [1.165, 1.54) is 12.8 Å². The third-order valence-corrected chi connectivity index (χ3v) is 5.38. The van der Waals surface area contributed by atoms with Crippen molar-refractivity contribution in [3.8, 4) is 0 Å². The van der Waals surface area contributed by atoms with Crippen LogP contribution in [0.1, 0.15) is 57.3 Å². The van der Waals surface area contributed by atoms with Gasteiger partial charge in [-0.3, -0.25) is 14.2 Å². The third-order valence-electron chi connectivity index (χ3n) is 5.38. The molecule has 2 aliphatic carbocycles. The second kappa shape index (κ2) is 7.22. The number of hydrogen-bond acceptors (Lipinski definition) is 3. The van der Waals surface area contributed by atoms with Crippen molar-refractivity contribution in [2.24, 2.45) is 5.92 Å². The normalized spacial score (nSPS) is 16.8. The first-order valence-electron chi connectivity index (χ1n) is 9.95. The van der Waals surface area contributed by atoms with Crippen molar-refractivity contribution in [1.29, 1.82) is 0 Å². The number of aromatic nitrogens is 2. The predicted molar refractivity (Wildman–Crippen MR) is 102 cm³/mol. The van der Waals surface area contributed by atoms with E-state index in [1.807, 2.05) is 33.7 Å². The molecule has 0 spiro atoms. The fraction of sp³-hybridized carbons (Fsp3) is 0.571. The number of hydrogen-bond donors (Lipinski definition) is 0. The molecule has 2 saturated carbocycles. The summed E-state index contributed by atoms with van der Waals surface area (Å²) >= 11 is 0. The van der Waals surface area contributed by atoms with Crippen LogP contribution in [0.15, 0.2) is 29.1 Å². The van der Waals surface area contributed by atoms with E-state index in [-0.39, 0.29) is 17.5 Å². The molecule has 2 fully saturated rings. The zero-order chi connectivity index (χ0) is 18.1. The standard InChI is InChI=1S/C21H27N3O2/c1-2-13-23(14-15-7-8-15)20(25)12-11-19-22-18-6-4-3-5-17(18)21(26)24(19)16-9-10-16/h3-6,15-16H,2,7-14H2,1H3. The Hall–Kier alpha value is -2.17. The van der Waals surface area contributed by atoms with Crippen molar-refractivity contribution in [2.75, 3.05) is 13.1 Å². The van der Waals surface area contributed by atoms with Crippen LogP contribution in [0.25, 0.3) is 10.9 Å². The highest BCUT2D eigenvalue weighted by atomic mass is 16.2. The molecule has 0 saturated heterocycles. The lowest BCUT2D eigenvalue weighted by molar-refractivity contribution is -0.131. The van der Waals surface area contributed by atoms with E-state index in [2.05, 4.69) is 6.92 Å². The fourth-order valence-electron chi connectivity index (χ4n) is 3.65. The summed E-state index contributed by atoms with van der Waals surface area (Å²) in [6, 6.07) is 7.78. The van der Waals surface area contributed by atoms with Crippen molar-refractivity contribution in [2.45, 2.75) is 57.9 Å². The highest BCUT2D eigenvalue weighted by molar-refractivity contribution is 5.78. The molecule has 0 bridgehead atoms. The molecule has 1 heterocycles. The number of carbonyl (C=O) groups is 1. The second-order valence-electron chi connectivity index (χ2n) is 7.73. The lowest BCUT2D eigenvalue weighted by atomic mass is 10.2. The number of para-hydroxylation sites is 1. The van der Waals surface area contributed by atoms with Crippen molar-refractivity contribution in [3.63, 3.8) is 0 Å². The van der Waals surface area contributed by atoms with Gasteiger partial charge >= 0.3 is 0 Å². The van der Waals surface area contributed by atoms with E-state index < -0.39 is 0 Å². The van der Waals surface area contributed by atoms with Crippen LogP contribution >= 0.6 is 0 Å². The smallest absolute Gasteiger partial charge is 0.261 e. The van der Waals surface area contributed by atoms with E-state index in [9.17, 15) is 9.59 Å². The number of aryl methyl sites for hydroxylation is 1. The number of rotatable bonds is 8. The molecule has 138 valence electrons. The van der Waals surface area contributed by atoms with E-state index in [1.54, 1.807) is 0 Å². The van der Waals surface area contributed by atoms with E-state index in [0.29, 0.717) is 24.1 Å². The molecule has 0 N–H and O–H groups in total. The topological polar surface area (TPSA) is 55.2 Å². The van der Waals surface area contributed by atoms with Crippen LogP contribution in [0.3, 0.4) is 0 Å². The molecule has 0 radical (unpaired) electrons. The van der Waals surface area contributed by atoms with Crippen molar-refractivity contribution < 1.29 is 4.79 Å². The summed E-state index contributed by atoms with van der Waals surface area (Å²) in [4.78, 5) is 32.4. The molecule has 0 atom stereocenters. The van der Waals surface area contributed by atoms with E-state index >= 15 is 0 Å². The molecule has 1 aromatic carbocycles. The van der Waals surface area contributed by atoms with Gasteiger partial charge in [0.05, 0.1) is 10.9 Å². The number of nitrogens with zero attached hydrogens (tertiary/aromatic N) is 3. The SMILES string of the molecule is CCCN(CC1CC1)C(=O)CCc1nc2ccccc2c(=O)n1C1CC1. The van der Waals surface area contributed by atoms with Gasteiger partial charge in [-0.15, -0.1) is 0 Å². The van der Waals surface area contributed by atoms with Crippen LogP contribution in [-0.4, -0.2) is 33.4 Å². The molecule has 2 aliphatic rings. The van der Waals surface area contributed by atoms with E-state index in [0.717, 1.165) is 43.7 Å². The molecule has 26 heavy (non-hydrogen) atoms. The second-order valence-corrected chi connectivity index (χ2v) is 7.73. The Kier molecular flexibility index (Phi) is 4.79. The van der Waals surface area contributed by atoms with Gasteiger partial charge in [-0.1, -0.05) is 19.1 Å². The highest BCUT2D eigenvalue weighted by Crippen LogP contribution is 2.35. The molecule has 1 amide bonds. The molecule has 1 aromatic heterocycles. The molecule has 5 heteroatoms. The third kappa shape index (κ3) is 3.67. The Balaban J connectivity index is 1.55. The Morgan fingerprint density at radius 1 is 1.23 bits per heavy atom. The Morgan fingerprint density at radius 3 is 2.69 bits per heavy atom. The first-order chi connectivity index (χ1) is 12.7. The number of amides is 1. The fourth-order valence-corrected chi connectivity index (χ4v) is 3.65. The lowest BCUT2D eigenvalue weighted by Crippen LogP contribution is -2.34. The number of fused-ring (bicyclic) bond motifs is 1. The minimum absolute atomic E-state index is 0.0453. The van der Waals surface area contributed by atoms with Gasteiger partial charge < -0.3 is 4.90 Å². The zero-order valence-electron chi connectivity index (χ0n) is 15.5. The zero-order valence-corrected chi connectivity index (χ0v) is 15.5. The van der Waals surface area contributed by atoms with Gasteiger partial charge in [0.2, 0.25) is 5.91 Å². The first kappa shape index (κ1) is 17.3. The summed E-state index contributed by atoms with van der Waals surface area (Å²) < 4.78 is 1.85. The van der Waals surface area contributed by atoms with Gasteiger partial charge in [0.25, 0.3) is 5.56 Å². The minimum atomic E-state index is 0.0453. The maximum absolute atomic E-state index is 12.9. The quantitative estimate of drug-likeness (QED) is 0.731. The monoisotopic (exact) mass is 353 g/mol. The Bertz CT molecular complexity index is 865. The number of carbonyl (C=O) groups excluding carboxylic acids is 1. The average molecular weight is 353 g/mol. The largest absolute Gasteiger partial charge is 0.342 e. The van der Waals surface area contributed by atoms with Gasteiger partial charge in [0.1, 0.15) is 5.82 Å². The maximum Gasteiger partial charge on any atom is 0.261 e. The average Bonchev–Trinajstić information content (AvgIpc) is 3.54. The summed E-state index contributed by atoms with van der Waals surface area (Å²) in [6.45, 7) is 3.84. The molecular formula is C21H27N3O2. The van der Waals surface area contributed by atoms with Gasteiger partial charge in [-0.05, 0) is 50.2 Å². The van der Waals surface area contributed by atoms with Crippen LogP contribution in [0.5, 0.6) is 0 Å². The Labute approximate surface area is 154 Å². The highest BCUT2D eigenvalue weighted by Gasteiger charge is 2.29. The molecule has 4 rings (SSSR count). The van der Waals surface area contributed by atoms with Gasteiger partial charge in [0, 0.05) is 32.0 Å². The summed E-state index contributed by atoms with van der Waals surface area (Å²) in [5.74, 6) is 1.67. The summed E-state index contributed by atoms with van der Waals surface area (Å²) in [7, 11) is 0. The maximum atomic E-state index is 12.9. The first-order valence-corrected chi connectivity index (χ1v) is 9.95. The molecule has 0 unspecified atom stereocenters. The van der Waals surface area contributed by atoms with Gasteiger partial charge in [-0.25, -0.2) is 4.98 Å². The molecule has 0 aliphatic heterocycles. The molecular weight excluding hydrogens is 326 g/mol. The van der Waals surface area contributed by atoms with E-state index in [4.69, 9.17) is 4.98 Å². The van der Waals surface area contributed by atoms with Crippen molar-refractivity contribution >= 4 is 16.8 Å².